The third-order valence-corrected chi connectivity index (χ3v) is 7.75. The summed E-state index contributed by atoms with van der Waals surface area (Å²) in [6.45, 7) is 8.07. The average Bonchev–Trinajstić information content (AvgIpc) is 3.13. The van der Waals surface area contributed by atoms with Crippen molar-refractivity contribution < 1.29 is 23.9 Å². The van der Waals surface area contributed by atoms with Crippen LogP contribution in [0.3, 0.4) is 0 Å². The highest BCUT2D eigenvalue weighted by atomic mass is 16.6. The number of amides is 1. The van der Waals surface area contributed by atoms with Crippen molar-refractivity contribution in [1.29, 1.82) is 0 Å². The Labute approximate surface area is 226 Å². The van der Waals surface area contributed by atoms with Gasteiger partial charge in [-0.25, -0.2) is 4.79 Å². The van der Waals surface area contributed by atoms with Gasteiger partial charge in [-0.3, -0.25) is 14.5 Å². The Hall–Kier alpha value is -3.19. The maximum Gasteiger partial charge on any atom is 0.344 e. The highest BCUT2D eigenvalue weighted by molar-refractivity contribution is 5.96. The SMILES string of the molecule is CCOC(=O)COc1ccc(CN2CCc3ccc(C(=O)CCC4CCN(C(C)=O)CC4)cc3CC2)cc1. The number of esters is 1. The van der Waals surface area contributed by atoms with Gasteiger partial charge in [-0.1, -0.05) is 24.3 Å². The predicted octanol–water partition coefficient (Wildman–Crippen LogP) is 4.45. The van der Waals surface area contributed by atoms with Crippen LogP contribution in [-0.4, -0.2) is 66.9 Å². The van der Waals surface area contributed by atoms with Gasteiger partial charge >= 0.3 is 5.97 Å². The van der Waals surface area contributed by atoms with Crippen molar-refractivity contribution in [2.75, 3.05) is 39.4 Å². The number of Topliss-reactive ketones (excluding diaryl/α,β-unsaturated/α-hetero) is 1. The molecule has 1 saturated heterocycles. The van der Waals surface area contributed by atoms with Crippen molar-refractivity contribution in [3.05, 3.63) is 64.7 Å². The molecule has 38 heavy (non-hydrogen) atoms. The number of ketones is 1. The first-order valence-electron chi connectivity index (χ1n) is 13.9. The molecule has 0 spiro atoms. The third-order valence-electron chi connectivity index (χ3n) is 7.75. The van der Waals surface area contributed by atoms with Crippen molar-refractivity contribution in [1.82, 2.24) is 9.80 Å². The van der Waals surface area contributed by atoms with Crippen molar-refractivity contribution in [2.45, 2.75) is 58.9 Å². The van der Waals surface area contributed by atoms with E-state index < -0.39 is 0 Å². The molecule has 0 atom stereocenters. The Morgan fingerprint density at radius 3 is 2.32 bits per heavy atom. The van der Waals surface area contributed by atoms with Crippen molar-refractivity contribution in [3.63, 3.8) is 0 Å². The van der Waals surface area contributed by atoms with Crippen LogP contribution >= 0.6 is 0 Å². The first kappa shape index (κ1) is 27.8. The Kier molecular flexibility index (Phi) is 9.93. The third kappa shape index (κ3) is 7.90. The number of hydrogen-bond donors (Lipinski definition) is 0. The summed E-state index contributed by atoms with van der Waals surface area (Å²) in [4.78, 5) is 40.3. The maximum atomic E-state index is 13.0. The first-order valence-corrected chi connectivity index (χ1v) is 13.9. The molecule has 1 fully saturated rings. The van der Waals surface area contributed by atoms with Gasteiger partial charge in [-0.05, 0) is 79.8 Å². The minimum absolute atomic E-state index is 0.0808. The van der Waals surface area contributed by atoms with Gasteiger partial charge in [0.25, 0.3) is 0 Å². The van der Waals surface area contributed by atoms with E-state index in [9.17, 15) is 14.4 Å². The van der Waals surface area contributed by atoms with E-state index in [2.05, 4.69) is 17.0 Å². The molecule has 0 unspecified atom stereocenters. The summed E-state index contributed by atoms with van der Waals surface area (Å²) in [6.07, 6.45) is 5.38. The largest absolute Gasteiger partial charge is 0.482 e. The number of carbonyl (C=O) groups is 3. The standard InChI is InChI=1S/C31H40N2O5/c1-3-37-31(36)22-38-29-9-4-25(5-10-29)21-32-16-14-26-7-8-28(20-27(26)15-17-32)30(35)11-6-24-12-18-33(19-13-24)23(2)34/h4-5,7-10,20,24H,3,6,11-19,21-22H2,1-2H3. The van der Waals surface area contributed by atoms with E-state index in [4.69, 9.17) is 9.47 Å². The lowest BCUT2D eigenvalue weighted by Gasteiger charge is -2.31. The predicted molar refractivity (Wildman–Crippen MR) is 146 cm³/mol. The number of nitrogens with zero attached hydrogens (tertiary/aromatic N) is 2. The summed E-state index contributed by atoms with van der Waals surface area (Å²) < 4.78 is 10.4. The van der Waals surface area contributed by atoms with Gasteiger partial charge in [0.2, 0.25) is 5.91 Å². The molecule has 2 aromatic carbocycles. The van der Waals surface area contributed by atoms with E-state index in [1.807, 2.05) is 35.2 Å². The van der Waals surface area contributed by atoms with Crippen LogP contribution in [0.5, 0.6) is 5.75 Å². The number of hydrogen-bond acceptors (Lipinski definition) is 6. The van der Waals surface area contributed by atoms with E-state index in [0.29, 0.717) is 24.7 Å². The van der Waals surface area contributed by atoms with Crippen LogP contribution < -0.4 is 4.74 Å². The van der Waals surface area contributed by atoms with E-state index in [0.717, 1.165) is 70.4 Å². The Morgan fingerprint density at radius 1 is 0.921 bits per heavy atom. The van der Waals surface area contributed by atoms with Gasteiger partial charge in [-0.2, -0.15) is 0 Å². The zero-order chi connectivity index (χ0) is 26.9. The summed E-state index contributed by atoms with van der Waals surface area (Å²) in [6, 6.07) is 14.1. The monoisotopic (exact) mass is 520 g/mol. The van der Waals surface area contributed by atoms with Crippen LogP contribution in [0, 0.1) is 5.92 Å². The number of carbonyl (C=O) groups excluding carboxylic acids is 3. The van der Waals surface area contributed by atoms with Gasteiger partial charge in [0.15, 0.2) is 12.4 Å². The highest BCUT2D eigenvalue weighted by Crippen LogP contribution is 2.25. The average molecular weight is 521 g/mol. The molecule has 2 aliphatic rings. The minimum Gasteiger partial charge on any atom is -0.482 e. The summed E-state index contributed by atoms with van der Waals surface area (Å²) in [5.74, 6) is 1.20. The van der Waals surface area contributed by atoms with Crippen LogP contribution in [0.2, 0.25) is 0 Å². The second-order valence-electron chi connectivity index (χ2n) is 10.4. The highest BCUT2D eigenvalue weighted by Gasteiger charge is 2.22. The molecule has 2 aliphatic heterocycles. The van der Waals surface area contributed by atoms with Crippen molar-refractivity contribution >= 4 is 17.7 Å². The lowest BCUT2D eigenvalue weighted by Crippen LogP contribution is -2.37. The molecular weight excluding hydrogens is 480 g/mol. The summed E-state index contributed by atoms with van der Waals surface area (Å²) in [5, 5.41) is 0. The molecule has 0 aromatic heterocycles. The molecule has 1 amide bonds. The zero-order valence-corrected chi connectivity index (χ0v) is 22.7. The van der Waals surface area contributed by atoms with E-state index in [-0.39, 0.29) is 24.3 Å². The number of piperidine rings is 1. The lowest BCUT2D eigenvalue weighted by molar-refractivity contribution is -0.145. The molecule has 0 radical (unpaired) electrons. The summed E-state index contributed by atoms with van der Waals surface area (Å²) >= 11 is 0. The van der Waals surface area contributed by atoms with Crippen LogP contribution in [-0.2, 0) is 33.7 Å². The second kappa shape index (κ2) is 13.6. The van der Waals surface area contributed by atoms with Gasteiger partial charge in [0.05, 0.1) is 6.61 Å². The fourth-order valence-electron chi connectivity index (χ4n) is 5.41. The molecule has 204 valence electrons. The van der Waals surface area contributed by atoms with Crippen LogP contribution in [0.25, 0.3) is 0 Å². The molecule has 7 heteroatoms. The lowest BCUT2D eigenvalue weighted by atomic mass is 9.89. The molecule has 0 bridgehead atoms. The molecule has 0 N–H and O–H groups in total. The van der Waals surface area contributed by atoms with Crippen molar-refractivity contribution in [3.8, 4) is 5.75 Å². The van der Waals surface area contributed by atoms with Crippen LogP contribution in [0.4, 0.5) is 0 Å². The van der Waals surface area contributed by atoms with E-state index >= 15 is 0 Å². The van der Waals surface area contributed by atoms with Gasteiger partial charge < -0.3 is 14.4 Å². The number of likely N-dealkylation sites (tertiary alicyclic amines) is 1. The topological polar surface area (TPSA) is 76.2 Å². The molecular formula is C31H40N2O5. The maximum absolute atomic E-state index is 13.0. The number of rotatable bonds is 10. The molecule has 0 aliphatic carbocycles. The molecule has 7 nitrogen and oxygen atoms in total. The Bertz CT molecular complexity index is 1110. The second-order valence-corrected chi connectivity index (χ2v) is 10.4. The fraction of sp³-hybridized carbons (Fsp3) is 0.516. The quantitative estimate of drug-likeness (QED) is 0.340. The Morgan fingerprint density at radius 2 is 1.63 bits per heavy atom. The minimum atomic E-state index is -0.364. The number of ether oxygens (including phenoxy) is 2. The molecule has 4 rings (SSSR count). The van der Waals surface area contributed by atoms with Crippen LogP contribution in [0.15, 0.2) is 42.5 Å². The van der Waals surface area contributed by atoms with Gasteiger partial charge in [0.1, 0.15) is 5.75 Å². The van der Waals surface area contributed by atoms with Crippen molar-refractivity contribution in [2.24, 2.45) is 5.92 Å². The molecule has 0 saturated carbocycles. The number of fused-ring (bicyclic) bond motifs is 1. The van der Waals surface area contributed by atoms with E-state index in [1.165, 1.54) is 16.7 Å². The summed E-state index contributed by atoms with van der Waals surface area (Å²) in [5.41, 5.74) is 4.65. The fourth-order valence-corrected chi connectivity index (χ4v) is 5.41. The van der Waals surface area contributed by atoms with Gasteiger partial charge in [0, 0.05) is 51.6 Å². The zero-order valence-electron chi connectivity index (χ0n) is 22.7. The van der Waals surface area contributed by atoms with Crippen LogP contribution in [0.1, 0.15) is 66.6 Å². The molecule has 2 aromatic rings. The smallest absolute Gasteiger partial charge is 0.344 e. The normalized spacial score (nSPS) is 16.4. The first-order chi connectivity index (χ1) is 18.4. The summed E-state index contributed by atoms with van der Waals surface area (Å²) in [7, 11) is 0. The van der Waals surface area contributed by atoms with E-state index in [1.54, 1.807) is 13.8 Å². The molecule has 2 heterocycles. The number of benzene rings is 2. The van der Waals surface area contributed by atoms with Gasteiger partial charge in [-0.15, -0.1) is 0 Å². The Balaban J connectivity index is 1.24.